The lowest BCUT2D eigenvalue weighted by Gasteiger charge is -2.17. The van der Waals surface area contributed by atoms with Crippen LogP contribution in [0.5, 0.6) is 0 Å². The summed E-state index contributed by atoms with van der Waals surface area (Å²) >= 11 is 0. The van der Waals surface area contributed by atoms with Gasteiger partial charge in [0.2, 0.25) is 0 Å². The normalized spacial score (nSPS) is 13.1. The van der Waals surface area contributed by atoms with E-state index in [1.54, 1.807) is 0 Å². The van der Waals surface area contributed by atoms with E-state index in [9.17, 15) is 0 Å². The van der Waals surface area contributed by atoms with Crippen LogP contribution in [0.25, 0.3) is 0 Å². The Morgan fingerprint density at radius 2 is 2.13 bits per heavy atom. The lowest BCUT2D eigenvalue weighted by atomic mass is 10.0. The maximum absolute atomic E-state index is 4.42. The zero-order valence-electron chi connectivity index (χ0n) is 10.1. The third-order valence-electron chi connectivity index (χ3n) is 2.44. The molecule has 1 unspecified atom stereocenters. The molecule has 0 saturated heterocycles. The van der Waals surface area contributed by atoms with Crippen LogP contribution in [0.4, 0.5) is 0 Å². The van der Waals surface area contributed by atoms with Gasteiger partial charge >= 0.3 is 0 Å². The summed E-state index contributed by atoms with van der Waals surface area (Å²) in [7, 11) is 2.00. The summed E-state index contributed by atoms with van der Waals surface area (Å²) in [6.07, 6.45) is 3.91. The van der Waals surface area contributed by atoms with E-state index in [2.05, 4.69) is 29.1 Å². The number of hydrogen-bond donors (Lipinski definition) is 1. The number of aryl methyl sites for hydroxylation is 1. The van der Waals surface area contributed by atoms with Gasteiger partial charge in [-0.15, -0.1) is 0 Å². The maximum Gasteiger partial charge on any atom is 0.130 e. The third-order valence-corrected chi connectivity index (χ3v) is 2.44. The van der Waals surface area contributed by atoms with Gasteiger partial charge < -0.3 is 5.32 Å². The molecule has 0 saturated carbocycles. The van der Waals surface area contributed by atoms with Crippen LogP contribution in [0.2, 0.25) is 0 Å². The van der Waals surface area contributed by atoms with Crippen LogP contribution in [0.15, 0.2) is 12.3 Å². The van der Waals surface area contributed by atoms with E-state index in [1.807, 2.05) is 26.2 Å². The molecule has 0 aliphatic rings. The summed E-state index contributed by atoms with van der Waals surface area (Å²) in [5.74, 6) is 1.64. The van der Waals surface area contributed by atoms with Gasteiger partial charge in [0.05, 0.1) is 0 Å². The Labute approximate surface area is 92.3 Å². The lowest BCUT2D eigenvalue weighted by molar-refractivity contribution is 0.434. The van der Waals surface area contributed by atoms with Gasteiger partial charge in [0, 0.05) is 24.4 Å². The van der Waals surface area contributed by atoms with Crippen molar-refractivity contribution in [1.29, 1.82) is 0 Å². The molecule has 0 bridgehead atoms. The Morgan fingerprint density at radius 1 is 1.40 bits per heavy atom. The topological polar surface area (TPSA) is 37.8 Å². The first-order valence-corrected chi connectivity index (χ1v) is 5.57. The Morgan fingerprint density at radius 3 is 2.67 bits per heavy atom. The molecule has 1 aromatic heterocycles. The van der Waals surface area contributed by atoms with Gasteiger partial charge in [-0.1, -0.05) is 13.8 Å². The molecule has 0 aliphatic heterocycles. The van der Waals surface area contributed by atoms with Gasteiger partial charge in [-0.05, 0) is 32.4 Å². The summed E-state index contributed by atoms with van der Waals surface area (Å²) < 4.78 is 0. The highest BCUT2D eigenvalue weighted by atomic mass is 14.9. The second-order valence-electron chi connectivity index (χ2n) is 4.43. The molecule has 0 fully saturated rings. The molecule has 1 N–H and O–H groups in total. The van der Waals surface area contributed by atoms with Crippen molar-refractivity contribution in [3.8, 4) is 0 Å². The van der Waals surface area contributed by atoms with Gasteiger partial charge in [0.15, 0.2) is 0 Å². The first-order chi connectivity index (χ1) is 7.11. The lowest BCUT2D eigenvalue weighted by Crippen LogP contribution is -2.29. The Balaban J connectivity index is 2.58. The van der Waals surface area contributed by atoms with Crippen LogP contribution in [-0.4, -0.2) is 23.1 Å². The molecule has 3 heteroatoms. The number of nitrogens with one attached hydrogen (secondary N) is 1. The van der Waals surface area contributed by atoms with Crippen molar-refractivity contribution in [1.82, 2.24) is 15.3 Å². The molecule has 0 amide bonds. The maximum atomic E-state index is 4.42. The molecule has 1 heterocycles. The van der Waals surface area contributed by atoms with Crippen LogP contribution in [-0.2, 0) is 6.42 Å². The van der Waals surface area contributed by atoms with Gasteiger partial charge in [0.25, 0.3) is 0 Å². The number of aromatic nitrogens is 2. The zero-order valence-corrected chi connectivity index (χ0v) is 10.1. The predicted octanol–water partition coefficient (Wildman–Crippen LogP) is 1.96. The Hall–Kier alpha value is -0.960. The summed E-state index contributed by atoms with van der Waals surface area (Å²) in [6, 6.07) is 2.41. The Kier molecular flexibility index (Phi) is 4.69. The van der Waals surface area contributed by atoms with E-state index in [0.29, 0.717) is 12.0 Å². The van der Waals surface area contributed by atoms with E-state index in [-0.39, 0.29) is 0 Å². The van der Waals surface area contributed by atoms with Crippen molar-refractivity contribution in [2.45, 2.75) is 39.7 Å². The molecule has 1 rings (SSSR count). The van der Waals surface area contributed by atoms with Gasteiger partial charge in [-0.25, -0.2) is 9.97 Å². The van der Waals surface area contributed by atoms with Crippen molar-refractivity contribution in [3.05, 3.63) is 23.8 Å². The van der Waals surface area contributed by atoms with E-state index < -0.39 is 0 Å². The molecular weight excluding hydrogens is 186 g/mol. The van der Waals surface area contributed by atoms with Gasteiger partial charge in [0.1, 0.15) is 5.82 Å². The van der Waals surface area contributed by atoms with E-state index in [4.69, 9.17) is 0 Å². The highest BCUT2D eigenvalue weighted by Gasteiger charge is 2.10. The second-order valence-corrected chi connectivity index (χ2v) is 4.43. The van der Waals surface area contributed by atoms with Crippen molar-refractivity contribution in [2.75, 3.05) is 7.05 Å². The smallest absolute Gasteiger partial charge is 0.130 e. The Bertz CT molecular complexity index is 297. The van der Waals surface area contributed by atoms with Gasteiger partial charge in [-0.3, -0.25) is 0 Å². The molecular formula is C12H21N3. The van der Waals surface area contributed by atoms with Crippen LogP contribution >= 0.6 is 0 Å². The number of nitrogens with zero attached hydrogens (tertiary/aromatic N) is 2. The van der Waals surface area contributed by atoms with Crippen molar-refractivity contribution in [3.63, 3.8) is 0 Å². The third kappa shape index (κ3) is 4.38. The zero-order chi connectivity index (χ0) is 11.3. The fourth-order valence-electron chi connectivity index (χ4n) is 1.69. The van der Waals surface area contributed by atoms with Crippen LogP contribution in [0.3, 0.4) is 0 Å². The largest absolute Gasteiger partial charge is 0.317 e. The molecule has 1 atom stereocenters. The standard InChI is InChI=1S/C12H21N3/c1-9(2)7-11(13-4)8-12-14-6-5-10(3)15-12/h5-6,9,11,13H,7-8H2,1-4H3. The second kappa shape index (κ2) is 5.81. The average molecular weight is 207 g/mol. The predicted molar refractivity (Wildman–Crippen MR) is 62.8 cm³/mol. The molecule has 1 aromatic rings. The van der Waals surface area contributed by atoms with Crippen molar-refractivity contribution >= 4 is 0 Å². The van der Waals surface area contributed by atoms with Crippen LogP contribution in [0, 0.1) is 12.8 Å². The monoisotopic (exact) mass is 207 g/mol. The average Bonchev–Trinajstić information content (AvgIpc) is 2.16. The minimum Gasteiger partial charge on any atom is -0.317 e. The molecule has 84 valence electrons. The fraction of sp³-hybridized carbons (Fsp3) is 0.667. The SMILES string of the molecule is CNC(Cc1nccc(C)n1)CC(C)C. The van der Waals surface area contributed by atoms with Crippen LogP contribution in [0.1, 0.15) is 31.8 Å². The molecule has 3 nitrogen and oxygen atoms in total. The summed E-state index contributed by atoms with van der Waals surface area (Å²) in [6.45, 7) is 6.48. The van der Waals surface area contributed by atoms with Crippen molar-refractivity contribution in [2.24, 2.45) is 5.92 Å². The van der Waals surface area contributed by atoms with E-state index in [0.717, 1.165) is 24.4 Å². The minimum atomic E-state index is 0.479. The number of hydrogen-bond acceptors (Lipinski definition) is 3. The highest BCUT2D eigenvalue weighted by molar-refractivity contribution is 5.00. The highest BCUT2D eigenvalue weighted by Crippen LogP contribution is 2.08. The van der Waals surface area contributed by atoms with Gasteiger partial charge in [-0.2, -0.15) is 0 Å². The molecule has 15 heavy (non-hydrogen) atoms. The van der Waals surface area contributed by atoms with Crippen LogP contribution < -0.4 is 5.32 Å². The first kappa shape index (κ1) is 12.1. The minimum absolute atomic E-state index is 0.479. The summed E-state index contributed by atoms with van der Waals surface area (Å²) in [5.41, 5.74) is 1.04. The van der Waals surface area contributed by atoms with Crippen molar-refractivity contribution < 1.29 is 0 Å². The summed E-state index contributed by atoms with van der Waals surface area (Å²) in [4.78, 5) is 8.70. The molecule has 0 spiro atoms. The number of likely N-dealkylation sites (N-methyl/N-ethyl adjacent to an activating group) is 1. The van der Waals surface area contributed by atoms with E-state index in [1.165, 1.54) is 0 Å². The number of rotatable bonds is 5. The fourth-order valence-corrected chi connectivity index (χ4v) is 1.69. The quantitative estimate of drug-likeness (QED) is 0.802. The first-order valence-electron chi connectivity index (χ1n) is 5.57. The summed E-state index contributed by atoms with van der Waals surface area (Å²) in [5, 5.41) is 3.32. The van der Waals surface area contributed by atoms with E-state index >= 15 is 0 Å². The molecule has 0 radical (unpaired) electrons. The molecule has 0 aliphatic carbocycles. The molecule has 0 aromatic carbocycles.